The van der Waals surface area contributed by atoms with Gasteiger partial charge >= 0.3 is 5.97 Å². The number of aliphatic carboxylic acids is 1. The van der Waals surface area contributed by atoms with Crippen molar-refractivity contribution < 1.29 is 19.4 Å². The van der Waals surface area contributed by atoms with Crippen molar-refractivity contribution in [2.24, 2.45) is 5.41 Å². The maximum Gasteiger partial charge on any atom is 0.309 e. The number of nitrogens with one attached hydrogen (secondary N) is 1. The van der Waals surface area contributed by atoms with Gasteiger partial charge in [-0.15, -0.1) is 0 Å². The average molecular weight is 231 g/mol. The molecule has 0 saturated carbocycles. The minimum Gasteiger partial charge on any atom is -0.481 e. The van der Waals surface area contributed by atoms with Gasteiger partial charge in [-0.2, -0.15) is 0 Å². The van der Waals surface area contributed by atoms with E-state index < -0.39 is 11.4 Å². The second-order valence-corrected chi connectivity index (χ2v) is 4.62. The largest absolute Gasteiger partial charge is 0.481 e. The summed E-state index contributed by atoms with van der Waals surface area (Å²) in [5.41, 5.74) is -1.02. The number of carboxylic acids is 1. The molecule has 0 spiro atoms. The van der Waals surface area contributed by atoms with Crippen LogP contribution in [0.4, 0.5) is 0 Å². The highest BCUT2D eigenvalue weighted by atomic mass is 16.5. The average Bonchev–Trinajstić information content (AvgIpc) is 2.13. The maximum atomic E-state index is 11.5. The van der Waals surface area contributed by atoms with Gasteiger partial charge < -0.3 is 15.2 Å². The Kier molecular flexibility index (Phi) is 6.03. The molecule has 1 amide bonds. The summed E-state index contributed by atoms with van der Waals surface area (Å²) in [6.07, 6.45) is 0.704. The molecule has 1 unspecified atom stereocenters. The third-order valence-corrected chi connectivity index (χ3v) is 2.34. The third kappa shape index (κ3) is 5.70. The molecule has 2 N–H and O–H groups in total. The smallest absolute Gasteiger partial charge is 0.309 e. The van der Waals surface area contributed by atoms with E-state index in [1.54, 1.807) is 7.11 Å². The van der Waals surface area contributed by atoms with Gasteiger partial charge in [0, 0.05) is 26.2 Å². The van der Waals surface area contributed by atoms with Gasteiger partial charge in [0.05, 0.1) is 5.41 Å². The van der Waals surface area contributed by atoms with Crippen molar-refractivity contribution in [1.29, 1.82) is 0 Å². The number of hydrogen-bond donors (Lipinski definition) is 2. The highest BCUT2D eigenvalue weighted by Gasteiger charge is 2.30. The number of rotatable bonds is 7. The molecule has 0 saturated heterocycles. The van der Waals surface area contributed by atoms with Crippen molar-refractivity contribution >= 4 is 11.9 Å². The summed E-state index contributed by atoms with van der Waals surface area (Å²) < 4.78 is 4.89. The fourth-order valence-electron chi connectivity index (χ4n) is 1.17. The second kappa shape index (κ2) is 6.48. The van der Waals surface area contributed by atoms with Crippen LogP contribution < -0.4 is 5.32 Å². The molecule has 1 atom stereocenters. The zero-order valence-corrected chi connectivity index (χ0v) is 10.4. The van der Waals surface area contributed by atoms with Gasteiger partial charge in [0.2, 0.25) is 5.91 Å². The van der Waals surface area contributed by atoms with Crippen LogP contribution in [0.2, 0.25) is 0 Å². The minimum atomic E-state index is -1.02. The van der Waals surface area contributed by atoms with E-state index in [2.05, 4.69) is 5.32 Å². The van der Waals surface area contributed by atoms with Gasteiger partial charge in [0.15, 0.2) is 0 Å². The van der Waals surface area contributed by atoms with Crippen molar-refractivity contribution in [1.82, 2.24) is 5.32 Å². The Labute approximate surface area is 96.2 Å². The molecular weight excluding hydrogens is 210 g/mol. The standard InChI is InChI=1S/C11H21NO4/c1-8(5-6-16-4)12-9(13)7-11(2,3)10(14)15/h8H,5-7H2,1-4H3,(H,12,13)(H,14,15). The van der Waals surface area contributed by atoms with Crippen LogP contribution in [-0.2, 0) is 14.3 Å². The number of methoxy groups -OCH3 is 1. The summed E-state index contributed by atoms with van der Waals surface area (Å²) in [6.45, 7) is 5.51. The van der Waals surface area contributed by atoms with Crippen molar-refractivity contribution in [2.75, 3.05) is 13.7 Å². The molecule has 5 heteroatoms. The summed E-state index contributed by atoms with van der Waals surface area (Å²) >= 11 is 0. The first-order valence-electron chi connectivity index (χ1n) is 5.31. The lowest BCUT2D eigenvalue weighted by atomic mass is 9.89. The quantitative estimate of drug-likeness (QED) is 0.686. The van der Waals surface area contributed by atoms with Gasteiger partial charge in [0.1, 0.15) is 0 Å². The Morgan fingerprint density at radius 3 is 2.44 bits per heavy atom. The van der Waals surface area contributed by atoms with Crippen molar-refractivity contribution in [3.8, 4) is 0 Å². The van der Waals surface area contributed by atoms with Crippen molar-refractivity contribution in [3.05, 3.63) is 0 Å². The number of carbonyl (C=O) groups is 2. The number of carbonyl (C=O) groups excluding carboxylic acids is 1. The van der Waals surface area contributed by atoms with Gasteiger partial charge in [0.25, 0.3) is 0 Å². The van der Waals surface area contributed by atoms with Crippen LogP contribution in [0.1, 0.15) is 33.6 Å². The second-order valence-electron chi connectivity index (χ2n) is 4.62. The Morgan fingerprint density at radius 2 is 2.00 bits per heavy atom. The monoisotopic (exact) mass is 231 g/mol. The zero-order valence-electron chi connectivity index (χ0n) is 10.4. The fraction of sp³-hybridized carbons (Fsp3) is 0.818. The number of hydrogen-bond acceptors (Lipinski definition) is 3. The first-order chi connectivity index (χ1) is 7.29. The SMILES string of the molecule is COCCC(C)NC(=O)CC(C)(C)C(=O)O. The molecule has 0 aliphatic carbocycles. The minimum absolute atomic E-state index is 0.00274. The molecular formula is C11H21NO4. The fourth-order valence-corrected chi connectivity index (χ4v) is 1.17. The summed E-state index contributed by atoms with van der Waals surface area (Å²) in [4.78, 5) is 22.3. The Balaban J connectivity index is 4.03. The molecule has 0 heterocycles. The van der Waals surface area contributed by atoms with E-state index >= 15 is 0 Å². The summed E-state index contributed by atoms with van der Waals surface area (Å²) in [5, 5.41) is 11.6. The van der Waals surface area contributed by atoms with Crippen molar-refractivity contribution in [2.45, 2.75) is 39.7 Å². The molecule has 0 aromatic heterocycles. The van der Waals surface area contributed by atoms with E-state index in [4.69, 9.17) is 9.84 Å². The molecule has 0 aliphatic heterocycles. The molecule has 0 aromatic carbocycles. The maximum absolute atomic E-state index is 11.5. The zero-order chi connectivity index (χ0) is 12.8. The van der Waals surface area contributed by atoms with Crippen LogP contribution in [0, 0.1) is 5.41 Å². The molecule has 0 aliphatic rings. The predicted octanol–water partition coefficient (Wildman–Crippen LogP) is 1.03. The Morgan fingerprint density at radius 1 is 1.44 bits per heavy atom. The van der Waals surface area contributed by atoms with Crippen LogP contribution >= 0.6 is 0 Å². The number of amides is 1. The Hall–Kier alpha value is -1.10. The first kappa shape index (κ1) is 14.9. The number of ether oxygens (including phenoxy) is 1. The van der Waals surface area contributed by atoms with Crippen molar-refractivity contribution in [3.63, 3.8) is 0 Å². The van der Waals surface area contributed by atoms with E-state index in [9.17, 15) is 9.59 Å². The topological polar surface area (TPSA) is 75.6 Å². The number of carboxylic acid groups (broad SMARTS) is 1. The molecule has 5 nitrogen and oxygen atoms in total. The molecule has 0 rings (SSSR count). The van der Waals surface area contributed by atoms with E-state index in [1.807, 2.05) is 6.92 Å². The highest BCUT2D eigenvalue weighted by Crippen LogP contribution is 2.20. The molecule has 0 radical (unpaired) electrons. The molecule has 16 heavy (non-hydrogen) atoms. The van der Waals surface area contributed by atoms with Crippen LogP contribution in [0.25, 0.3) is 0 Å². The summed E-state index contributed by atoms with van der Waals surface area (Å²) in [7, 11) is 1.60. The summed E-state index contributed by atoms with van der Waals surface area (Å²) in [6, 6.07) is -0.00274. The van der Waals surface area contributed by atoms with Gasteiger partial charge in [-0.1, -0.05) is 0 Å². The summed E-state index contributed by atoms with van der Waals surface area (Å²) in [5.74, 6) is -1.21. The molecule has 94 valence electrons. The van der Waals surface area contributed by atoms with Crippen LogP contribution in [0.3, 0.4) is 0 Å². The van der Waals surface area contributed by atoms with Gasteiger partial charge in [-0.05, 0) is 27.2 Å². The third-order valence-electron chi connectivity index (χ3n) is 2.34. The lowest BCUT2D eigenvalue weighted by Gasteiger charge is -2.20. The van der Waals surface area contributed by atoms with Crippen LogP contribution in [-0.4, -0.2) is 36.7 Å². The van der Waals surface area contributed by atoms with Crippen LogP contribution in [0.15, 0.2) is 0 Å². The van der Waals surface area contributed by atoms with Gasteiger partial charge in [-0.3, -0.25) is 9.59 Å². The Bertz CT molecular complexity index is 250. The lowest BCUT2D eigenvalue weighted by molar-refractivity contribution is -0.149. The molecule has 0 bridgehead atoms. The van der Waals surface area contributed by atoms with Crippen LogP contribution in [0.5, 0.6) is 0 Å². The van der Waals surface area contributed by atoms with E-state index in [0.717, 1.165) is 6.42 Å². The first-order valence-corrected chi connectivity index (χ1v) is 5.31. The lowest BCUT2D eigenvalue weighted by Crippen LogP contribution is -2.38. The molecule has 0 fully saturated rings. The van der Waals surface area contributed by atoms with E-state index in [-0.39, 0.29) is 18.4 Å². The van der Waals surface area contributed by atoms with E-state index in [1.165, 1.54) is 13.8 Å². The van der Waals surface area contributed by atoms with E-state index in [0.29, 0.717) is 6.61 Å². The predicted molar refractivity (Wildman–Crippen MR) is 60.1 cm³/mol. The molecule has 0 aromatic rings. The highest BCUT2D eigenvalue weighted by molar-refractivity contribution is 5.84. The normalized spacial score (nSPS) is 13.2. The van der Waals surface area contributed by atoms with Gasteiger partial charge in [-0.25, -0.2) is 0 Å².